The number of anilines is 1. The van der Waals surface area contributed by atoms with Crippen molar-refractivity contribution in [1.29, 1.82) is 0 Å². The van der Waals surface area contributed by atoms with Crippen LogP contribution in [-0.2, 0) is 13.1 Å². The van der Waals surface area contributed by atoms with Crippen LogP contribution in [0.15, 0.2) is 58.8 Å². The Morgan fingerprint density at radius 3 is 2.59 bits per heavy atom. The van der Waals surface area contributed by atoms with Crippen LogP contribution in [0.5, 0.6) is 0 Å². The van der Waals surface area contributed by atoms with Crippen molar-refractivity contribution in [3.63, 3.8) is 0 Å². The third-order valence-corrected chi connectivity index (χ3v) is 6.01. The van der Waals surface area contributed by atoms with Crippen molar-refractivity contribution in [3.05, 3.63) is 84.8 Å². The first-order valence-electron chi connectivity index (χ1n) is 8.50. The third kappa shape index (κ3) is 5.08. The van der Waals surface area contributed by atoms with Crippen molar-refractivity contribution in [1.82, 2.24) is 19.6 Å². The predicted octanol–water partition coefficient (Wildman–Crippen LogP) is 5.56. The van der Waals surface area contributed by atoms with Crippen LogP contribution in [0.1, 0.15) is 20.8 Å². The van der Waals surface area contributed by atoms with E-state index in [0.29, 0.717) is 33.8 Å². The molecular formula is C19H14BrCl2N5OS. The highest BCUT2D eigenvalue weighted by Crippen LogP contribution is 2.23. The quantitative estimate of drug-likeness (QED) is 0.369. The molecule has 1 amide bonds. The van der Waals surface area contributed by atoms with Crippen LogP contribution in [0.25, 0.3) is 0 Å². The molecule has 4 aromatic rings. The molecule has 0 aliphatic heterocycles. The lowest BCUT2D eigenvalue weighted by Crippen LogP contribution is -2.11. The normalized spacial score (nSPS) is 11.0. The largest absolute Gasteiger partial charge is 0.303 e. The fraction of sp³-hybridized carbons (Fsp3) is 0.105. The van der Waals surface area contributed by atoms with E-state index in [2.05, 4.69) is 31.4 Å². The molecule has 6 nitrogen and oxygen atoms in total. The highest BCUT2D eigenvalue weighted by Gasteiger charge is 2.15. The summed E-state index contributed by atoms with van der Waals surface area (Å²) in [7, 11) is 0. The number of hydrogen-bond acceptors (Lipinski definition) is 4. The summed E-state index contributed by atoms with van der Waals surface area (Å²) >= 11 is 16.9. The molecule has 3 heterocycles. The second kappa shape index (κ2) is 8.71. The molecule has 3 aromatic heterocycles. The summed E-state index contributed by atoms with van der Waals surface area (Å²) in [6.45, 7) is 1.09. The second-order valence-corrected chi connectivity index (χ2v) is 8.95. The fourth-order valence-corrected chi connectivity index (χ4v) is 4.11. The van der Waals surface area contributed by atoms with E-state index in [1.54, 1.807) is 28.0 Å². The van der Waals surface area contributed by atoms with Crippen LogP contribution in [0, 0.1) is 0 Å². The molecule has 0 fully saturated rings. The van der Waals surface area contributed by atoms with Gasteiger partial charge in [-0.15, -0.1) is 11.3 Å². The third-order valence-electron chi connectivity index (χ3n) is 4.03. The van der Waals surface area contributed by atoms with E-state index in [1.165, 1.54) is 11.3 Å². The Morgan fingerprint density at radius 2 is 1.86 bits per heavy atom. The van der Waals surface area contributed by atoms with E-state index >= 15 is 0 Å². The summed E-state index contributed by atoms with van der Waals surface area (Å²) in [6, 6.07) is 9.75. The van der Waals surface area contributed by atoms with Gasteiger partial charge < -0.3 is 5.32 Å². The molecule has 0 bridgehead atoms. The van der Waals surface area contributed by atoms with Gasteiger partial charge in [-0.3, -0.25) is 14.2 Å². The van der Waals surface area contributed by atoms with E-state index in [-0.39, 0.29) is 5.91 Å². The molecule has 0 spiro atoms. The number of amides is 1. The summed E-state index contributed by atoms with van der Waals surface area (Å²) < 4.78 is 4.42. The van der Waals surface area contributed by atoms with Gasteiger partial charge in [0.1, 0.15) is 5.02 Å². The Labute approximate surface area is 189 Å². The minimum atomic E-state index is -0.254. The number of benzene rings is 1. The first kappa shape index (κ1) is 20.2. The zero-order chi connectivity index (χ0) is 20.4. The maximum Gasteiger partial charge on any atom is 0.266 e. The highest BCUT2D eigenvalue weighted by atomic mass is 79.9. The van der Waals surface area contributed by atoms with Gasteiger partial charge in [-0.05, 0) is 34.7 Å². The van der Waals surface area contributed by atoms with Crippen molar-refractivity contribution in [2.75, 3.05) is 5.32 Å². The van der Waals surface area contributed by atoms with Crippen LogP contribution >= 0.6 is 50.5 Å². The summed E-state index contributed by atoms with van der Waals surface area (Å²) in [5, 5.41) is 14.2. The van der Waals surface area contributed by atoms with Gasteiger partial charge in [-0.2, -0.15) is 10.2 Å². The molecule has 0 saturated heterocycles. The molecule has 0 aliphatic carbocycles. The van der Waals surface area contributed by atoms with Crippen LogP contribution in [-0.4, -0.2) is 25.5 Å². The van der Waals surface area contributed by atoms with Crippen LogP contribution in [0.2, 0.25) is 10.0 Å². The Balaban J connectivity index is 1.42. The summed E-state index contributed by atoms with van der Waals surface area (Å²) in [5.74, 6) is 0.0816. The van der Waals surface area contributed by atoms with Gasteiger partial charge in [0.15, 0.2) is 5.82 Å². The van der Waals surface area contributed by atoms with E-state index in [9.17, 15) is 4.79 Å². The maximum absolute atomic E-state index is 12.6. The molecule has 1 N–H and O–H groups in total. The molecule has 0 unspecified atom stereocenters. The number of carbonyl (C=O) groups is 1. The fourth-order valence-electron chi connectivity index (χ4n) is 2.70. The Hall–Kier alpha value is -2.13. The molecule has 29 heavy (non-hydrogen) atoms. The molecule has 0 saturated carbocycles. The minimum Gasteiger partial charge on any atom is -0.303 e. The lowest BCUT2D eigenvalue weighted by atomic mass is 10.2. The Morgan fingerprint density at radius 1 is 1.10 bits per heavy atom. The lowest BCUT2D eigenvalue weighted by molar-refractivity contribution is 0.103. The van der Waals surface area contributed by atoms with E-state index in [1.807, 2.05) is 35.7 Å². The number of thiophene rings is 1. The number of hydrogen-bond donors (Lipinski definition) is 1. The number of rotatable bonds is 6. The Bertz CT molecular complexity index is 1150. The average Bonchev–Trinajstić information content (AvgIpc) is 3.39. The second-order valence-electron chi connectivity index (χ2n) is 6.28. The van der Waals surface area contributed by atoms with Crippen LogP contribution in [0.3, 0.4) is 0 Å². The smallest absolute Gasteiger partial charge is 0.266 e. The van der Waals surface area contributed by atoms with Gasteiger partial charge in [-0.1, -0.05) is 51.3 Å². The average molecular weight is 511 g/mol. The van der Waals surface area contributed by atoms with Gasteiger partial charge in [0.05, 0.1) is 29.2 Å². The molecule has 4 rings (SSSR count). The first-order chi connectivity index (χ1) is 14.0. The topological polar surface area (TPSA) is 64.7 Å². The minimum absolute atomic E-state index is 0.254. The number of carbonyl (C=O) groups excluding carboxylic acids is 1. The van der Waals surface area contributed by atoms with Gasteiger partial charge in [0.25, 0.3) is 5.91 Å². The van der Waals surface area contributed by atoms with Gasteiger partial charge in [0, 0.05) is 16.9 Å². The molecule has 0 radical (unpaired) electrons. The van der Waals surface area contributed by atoms with Crippen molar-refractivity contribution < 1.29 is 4.79 Å². The van der Waals surface area contributed by atoms with E-state index in [0.717, 1.165) is 15.6 Å². The van der Waals surface area contributed by atoms with Gasteiger partial charge in [0.2, 0.25) is 0 Å². The van der Waals surface area contributed by atoms with Crippen molar-refractivity contribution in [3.8, 4) is 0 Å². The molecular weight excluding hydrogens is 497 g/mol. The maximum atomic E-state index is 12.6. The van der Waals surface area contributed by atoms with E-state index in [4.69, 9.17) is 23.2 Å². The predicted molar refractivity (Wildman–Crippen MR) is 119 cm³/mol. The van der Waals surface area contributed by atoms with Gasteiger partial charge >= 0.3 is 0 Å². The molecule has 148 valence electrons. The summed E-state index contributed by atoms with van der Waals surface area (Å²) in [4.78, 5) is 13.2. The SMILES string of the molecule is O=C(Nc1nn(Cc2ccc(Br)cc2)cc1Cl)c1cc(Cn2cc(Cl)cn2)cs1. The zero-order valence-corrected chi connectivity index (χ0v) is 18.8. The standard InChI is InChI=1S/C19H14BrCl2N5OS/c20-14-3-1-12(2-4-14)7-27-10-16(22)18(25-27)24-19(28)17-5-13(11-29-17)8-26-9-15(21)6-23-26/h1-6,9-11H,7-8H2,(H,24,25,28). The van der Waals surface area contributed by atoms with E-state index < -0.39 is 0 Å². The number of nitrogens with zero attached hydrogens (tertiary/aromatic N) is 4. The number of aromatic nitrogens is 4. The molecule has 1 aromatic carbocycles. The number of halogens is 3. The van der Waals surface area contributed by atoms with Crippen LogP contribution in [0.4, 0.5) is 5.82 Å². The lowest BCUT2D eigenvalue weighted by Gasteiger charge is -2.02. The highest BCUT2D eigenvalue weighted by molar-refractivity contribution is 9.10. The van der Waals surface area contributed by atoms with Crippen molar-refractivity contribution in [2.45, 2.75) is 13.1 Å². The number of nitrogens with one attached hydrogen (secondary N) is 1. The zero-order valence-electron chi connectivity index (χ0n) is 14.8. The monoisotopic (exact) mass is 509 g/mol. The van der Waals surface area contributed by atoms with Crippen molar-refractivity contribution >= 4 is 62.2 Å². The molecule has 0 aliphatic rings. The van der Waals surface area contributed by atoms with Crippen LogP contribution < -0.4 is 5.32 Å². The summed E-state index contributed by atoms with van der Waals surface area (Å²) in [5.41, 5.74) is 2.04. The van der Waals surface area contributed by atoms with Gasteiger partial charge in [-0.25, -0.2) is 0 Å². The molecule has 10 heteroatoms. The van der Waals surface area contributed by atoms with Crippen molar-refractivity contribution in [2.24, 2.45) is 0 Å². The summed E-state index contributed by atoms with van der Waals surface area (Å²) in [6.07, 6.45) is 5.01. The first-order valence-corrected chi connectivity index (χ1v) is 10.9. The Kier molecular flexibility index (Phi) is 6.05. The molecule has 0 atom stereocenters.